The Morgan fingerprint density at radius 2 is 1.26 bits per heavy atom. The third-order valence-corrected chi connectivity index (χ3v) is 4.37. The predicted octanol–water partition coefficient (Wildman–Crippen LogP) is 5.75. The van der Waals surface area contributed by atoms with Crippen LogP contribution in [0.3, 0.4) is 0 Å². The van der Waals surface area contributed by atoms with Gasteiger partial charge in [-0.25, -0.2) is 0 Å². The molecule has 0 amide bonds. The van der Waals surface area contributed by atoms with Gasteiger partial charge in [0.25, 0.3) is 0 Å². The van der Waals surface area contributed by atoms with Crippen LogP contribution in [0.2, 0.25) is 0 Å². The molecule has 2 aromatic carbocycles. The summed E-state index contributed by atoms with van der Waals surface area (Å²) in [5, 5.41) is 2.12. The number of rotatable bonds is 2. The van der Waals surface area contributed by atoms with Crippen molar-refractivity contribution < 1.29 is 0 Å². The summed E-state index contributed by atoms with van der Waals surface area (Å²) < 4.78 is 0. The molecule has 96 valence electrons. The topological polar surface area (TPSA) is 0 Å². The molecule has 0 fully saturated rings. The van der Waals surface area contributed by atoms with Gasteiger partial charge in [-0.15, -0.1) is 0 Å². The molecule has 1 aliphatic heterocycles. The van der Waals surface area contributed by atoms with Crippen LogP contribution in [-0.2, 0) is 0 Å². The molecule has 1 heterocycles. The Bertz CT molecular complexity index is 468. The van der Waals surface area contributed by atoms with E-state index in [0.717, 1.165) is 0 Å². The van der Waals surface area contributed by atoms with Gasteiger partial charge >= 0.3 is 0 Å². The van der Waals surface area contributed by atoms with E-state index in [1.54, 1.807) is 0 Å². The van der Waals surface area contributed by atoms with E-state index < -0.39 is 0 Å². The molecule has 0 saturated carbocycles. The molecule has 3 rings (SSSR count). The average Bonchev–Trinajstić information content (AvgIpc) is 3.07. The van der Waals surface area contributed by atoms with Gasteiger partial charge in [0.1, 0.15) is 0 Å². The van der Waals surface area contributed by atoms with E-state index in [2.05, 4.69) is 47.9 Å². The monoisotopic (exact) mass is 284 g/mol. The molecule has 0 N–H and O–H groups in total. The summed E-state index contributed by atoms with van der Waals surface area (Å²) in [6, 6.07) is 20.6. The summed E-state index contributed by atoms with van der Waals surface area (Å²) in [4.78, 5) is 0. The van der Waals surface area contributed by atoms with Crippen LogP contribution in [0.25, 0.3) is 12.2 Å². The second-order valence-corrected chi connectivity index (χ2v) is 6.23. The predicted molar refractivity (Wildman–Crippen MR) is 91.0 cm³/mol. The highest BCUT2D eigenvalue weighted by Crippen LogP contribution is 2.27. The van der Waals surface area contributed by atoms with Crippen LogP contribution in [-0.4, -0.2) is 5.75 Å². The maximum atomic E-state index is 2.16. The lowest BCUT2D eigenvalue weighted by Crippen LogP contribution is -1.70. The van der Waals surface area contributed by atoms with Crippen LogP contribution < -0.4 is 0 Å². The van der Waals surface area contributed by atoms with Crippen molar-refractivity contribution in [2.75, 3.05) is 5.75 Å². The summed E-state index contributed by atoms with van der Waals surface area (Å²) in [5.41, 5.74) is 2.47. The first-order valence-corrected chi connectivity index (χ1v) is 8.55. The van der Waals surface area contributed by atoms with E-state index in [1.165, 1.54) is 16.9 Å². The van der Waals surface area contributed by atoms with Crippen molar-refractivity contribution >= 4 is 33.7 Å². The van der Waals surface area contributed by atoms with Gasteiger partial charge in [-0.05, 0) is 16.5 Å². The van der Waals surface area contributed by atoms with Crippen molar-refractivity contribution in [3.8, 4) is 0 Å². The highest BCUT2D eigenvalue weighted by molar-refractivity contribution is 8.78. The molecular weight excluding hydrogens is 268 g/mol. The molecule has 0 nitrogen and oxygen atoms in total. The van der Waals surface area contributed by atoms with Gasteiger partial charge in [-0.3, -0.25) is 0 Å². The average molecular weight is 284 g/mol. The fraction of sp³-hybridized carbons (Fsp3) is 0.0588. The van der Waals surface area contributed by atoms with Gasteiger partial charge in [-0.2, -0.15) is 0 Å². The molecule has 0 atom stereocenters. The third kappa shape index (κ3) is 5.86. The Hall–Kier alpha value is -1.38. The first-order valence-electron chi connectivity index (χ1n) is 6.16. The molecule has 0 spiro atoms. The van der Waals surface area contributed by atoms with Crippen LogP contribution in [0, 0.1) is 0 Å². The van der Waals surface area contributed by atoms with Crippen LogP contribution in [0.4, 0.5) is 0 Å². The second kappa shape index (κ2) is 8.68. The standard InChI is InChI=1S/C14H12.C3H4S2/c1-3-7-13(8-4-1)11-12-14-9-5-2-6-10-14;1-2-4-5-3-1/h1-12H;1-2H,3H2. The molecule has 2 heteroatoms. The minimum Gasteiger partial charge on any atom is -0.0854 e. The molecule has 2 aromatic rings. The molecule has 0 unspecified atom stereocenters. The number of hydrogen-bond acceptors (Lipinski definition) is 2. The highest BCUT2D eigenvalue weighted by Gasteiger charge is 1.86. The van der Waals surface area contributed by atoms with Crippen LogP contribution in [0.15, 0.2) is 72.1 Å². The van der Waals surface area contributed by atoms with Crippen LogP contribution >= 0.6 is 21.6 Å². The highest BCUT2D eigenvalue weighted by atomic mass is 33.1. The quantitative estimate of drug-likeness (QED) is 0.508. The summed E-state index contributed by atoms with van der Waals surface area (Å²) in [6.45, 7) is 0. The fourth-order valence-corrected chi connectivity index (χ4v) is 3.09. The molecular formula is C17H16S2. The third-order valence-electron chi connectivity index (χ3n) is 2.45. The smallest absolute Gasteiger partial charge is 0.0229 e. The number of hydrogen-bond donors (Lipinski definition) is 0. The summed E-state index contributed by atoms with van der Waals surface area (Å²) >= 11 is 0. The summed E-state index contributed by atoms with van der Waals surface area (Å²) in [7, 11) is 3.69. The summed E-state index contributed by atoms with van der Waals surface area (Å²) in [5.74, 6) is 1.20. The van der Waals surface area contributed by atoms with Crippen molar-refractivity contribution in [2.24, 2.45) is 0 Å². The van der Waals surface area contributed by atoms with E-state index in [1.807, 2.05) is 58.0 Å². The maximum Gasteiger partial charge on any atom is 0.0229 e. The Kier molecular flexibility index (Phi) is 6.41. The zero-order chi connectivity index (χ0) is 13.2. The molecule has 0 aromatic heterocycles. The Morgan fingerprint density at radius 1 is 0.737 bits per heavy atom. The Labute approximate surface area is 123 Å². The van der Waals surface area contributed by atoms with Crippen molar-refractivity contribution in [1.29, 1.82) is 0 Å². The minimum absolute atomic E-state index is 1.20. The van der Waals surface area contributed by atoms with E-state index in [-0.39, 0.29) is 0 Å². The minimum atomic E-state index is 1.20. The first-order chi connectivity index (χ1) is 9.45. The van der Waals surface area contributed by atoms with Crippen molar-refractivity contribution in [1.82, 2.24) is 0 Å². The van der Waals surface area contributed by atoms with Gasteiger partial charge in [0.05, 0.1) is 0 Å². The maximum absolute atomic E-state index is 2.16. The molecule has 19 heavy (non-hydrogen) atoms. The molecule has 1 aliphatic rings. The van der Waals surface area contributed by atoms with E-state index in [4.69, 9.17) is 0 Å². The zero-order valence-electron chi connectivity index (χ0n) is 10.6. The fourth-order valence-electron chi connectivity index (χ4n) is 1.52. The lowest BCUT2D eigenvalue weighted by Gasteiger charge is -1.92. The number of benzene rings is 2. The second-order valence-electron chi connectivity index (χ2n) is 3.91. The zero-order valence-corrected chi connectivity index (χ0v) is 12.2. The SMILES string of the molecule is C(=Cc1ccccc1)c1ccccc1.C1=CSSC1. The molecule has 0 saturated heterocycles. The first kappa shape index (κ1) is 14.0. The lowest BCUT2D eigenvalue weighted by atomic mass is 10.1. The van der Waals surface area contributed by atoms with E-state index in [9.17, 15) is 0 Å². The molecule has 0 radical (unpaired) electrons. The van der Waals surface area contributed by atoms with Gasteiger partial charge in [0.15, 0.2) is 0 Å². The van der Waals surface area contributed by atoms with Crippen LogP contribution in [0.5, 0.6) is 0 Å². The van der Waals surface area contributed by atoms with E-state index >= 15 is 0 Å². The normalized spacial score (nSPS) is 13.3. The largest absolute Gasteiger partial charge is 0.0854 e. The van der Waals surface area contributed by atoms with Crippen molar-refractivity contribution in [2.45, 2.75) is 0 Å². The summed E-state index contributed by atoms with van der Waals surface area (Å²) in [6.07, 6.45) is 6.40. The lowest BCUT2D eigenvalue weighted by molar-refractivity contribution is 1.65. The van der Waals surface area contributed by atoms with Gasteiger partial charge in [0, 0.05) is 5.75 Å². The van der Waals surface area contributed by atoms with Crippen molar-refractivity contribution in [3.63, 3.8) is 0 Å². The Morgan fingerprint density at radius 3 is 1.58 bits per heavy atom. The van der Waals surface area contributed by atoms with Crippen LogP contribution in [0.1, 0.15) is 11.1 Å². The van der Waals surface area contributed by atoms with Gasteiger partial charge in [0.2, 0.25) is 0 Å². The van der Waals surface area contributed by atoms with Gasteiger partial charge < -0.3 is 0 Å². The van der Waals surface area contributed by atoms with Crippen molar-refractivity contribution in [3.05, 3.63) is 83.3 Å². The molecule has 0 bridgehead atoms. The molecule has 0 aliphatic carbocycles. The Balaban J connectivity index is 0.000000224. The van der Waals surface area contributed by atoms with Gasteiger partial charge in [-0.1, -0.05) is 100 Å². The van der Waals surface area contributed by atoms with E-state index in [0.29, 0.717) is 0 Å².